The molecule has 1 amide bonds. The van der Waals surface area contributed by atoms with Crippen LogP contribution in [-0.2, 0) is 4.79 Å². The summed E-state index contributed by atoms with van der Waals surface area (Å²) < 4.78 is 26.2. The van der Waals surface area contributed by atoms with Gasteiger partial charge in [0.15, 0.2) is 0 Å². The van der Waals surface area contributed by atoms with Crippen LogP contribution in [0.2, 0.25) is 0 Å². The molecule has 0 aliphatic heterocycles. The number of carbonyl (C=O) groups excluding carboxylic acids is 1. The number of halogens is 3. The Morgan fingerprint density at radius 3 is 2.65 bits per heavy atom. The third-order valence-electron chi connectivity index (χ3n) is 2.43. The zero-order valence-electron chi connectivity index (χ0n) is 9.64. The fraction of sp³-hybridized carbons (Fsp3) is 0.417. The quantitative estimate of drug-likeness (QED) is 0.850. The number of benzene rings is 1. The summed E-state index contributed by atoms with van der Waals surface area (Å²) in [6.07, 6.45) is 0.643. The summed E-state index contributed by atoms with van der Waals surface area (Å²) in [4.78, 5) is 11.3. The van der Waals surface area contributed by atoms with Crippen molar-refractivity contribution < 1.29 is 13.6 Å². The van der Waals surface area contributed by atoms with Gasteiger partial charge in [0.2, 0.25) is 5.91 Å². The number of amides is 1. The third-order valence-corrected chi connectivity index (χ3v) is 3.49. The van der Waals surface area contributed by atoms with Crippen LogP contribution in [0.25, 0.3) is 0 Å². The van der Waals surface area contributed by atoms with Gasteiger partial charge in [-0.3, -0.25) is 4.79 Å². The lowest BCUT2D eigenvalue weighted by atomic mass is 10.1. The molecule has 94 valence electrons. The normalized spacial score (nSPS) is 14.2. The minimum atomic E-state index is -0.652. The largest absolute Gasteiger partial charge is 0.349 e. The van der Waals surface area contributed by atoms with Gasteiger partial charge in [-0.1, -0.05) is 28.9 Å². The van der Waals surface area contributed by atoms with Crippen molar-refractivity contribution in [2.45, 2.75) is 31.1 Å². The Hall–Kier alpha value is -0.970. The van der Waals surface area contributed by atoms with E-state index in [1.54, 1.807) is 6.92 Å². The van der Waals surface area contributed by atoms with Gasteiger partial charge in [-0.15, -0.1) is 0 Å². The Balaban J connectivity index is 2.76. The summed E-state index contributed by atoms with van der Waals surface area (Å²) in [6.45, 7) is 3.52. The minimum absolute atomic E-state index is 0.205. The van der Waals surface area contributed by atoms with Gasteiger partial charge < -0.3 is 5.32 Å². The molecule has 17 heavy (non-hydrogen) atoms. The molecule has 0 spiro atoms. The average molecular weight is 306 g/mol. The van der Waals surface area contributed by atoms with Gasteiger partial charge in [0.25, 0.3) is 0 Å². The number of hydrogen-bond donors (Lipinski definition) is 1. The number of carbonyl (C=O) groups is 1. The van der Waals surface area contributed by atoms with Crippen molar-refractivity contribution in [3.05, 3.63) is 35.4 Å². The highest BCUT2D eigenvalue weighted by atomic mass is 79.9. The van der Waals surface area contributed by atoms with Gasteiger partial charge in [0.05, 0.1) is 10.9 Å². The number of nitrogens with one attached hydrogen (secondary N) is 1. The molecule has 0 aromatic heterocycles. The van der Waals surface area contributed by atoms with Crippen molar-refractivity contribution >= 4 is 21.8 Å². The predicted octanol–water partition coefficient (Wildman–Crippen LogP) is 3.32. The second kappa shape index (κ2) is 6.10. The van der Waals surface area contributed by atoms with Crippen LogP contribution in [0, 0.1) is 11.6 Å². The fourth-order valence-electron chi connectivity index (χ4n) is 1.42. The average Bonchev–Trinajstić information content (AvgIpc) is 2.27. The smallest absolute Gasteiger partial charge is 0.234 e. The first-order chi connectivity index (χ1) is 7.95. The molecule has 1 aromatic rings. The van der Waals surface area contributed by atoms with Crippen molar-refractivity contribution in [3.63, 3.8) is 0 Å². The van der Waals surface area contributed by atoms with Crippen LogP contribution in [0.4, 0.5) is 8.78 Å². The molecule has 0 heterocycles. The Morgan fingerprint density at radius 1 is 1.47 bits per heavy atom. The minimum Gasteiger partial charge on any atom is -0.349 e. The molecule has 0 fully saturated rings. The summed E-state index contributed by atoms with van der Waals surface area (Å²) in [5, 5.41) is 2.66. The van der Waals surface area contributed by atoms with Gasteiger partial charge in [-0.25, -0.2) is 8.78 Å². The Labute approximate surface area is 108 Å². The highest BCUT2D eigenvalue weighted by molar-refractivity contribution is 9.10. The molecule has 1 aromatic carbocycles. The van der Waals surface area contributed by atoms with Gasteiger partial charge in [-0.2, -0.15) is 0 Å². The molecular formula is C12H14BrF2NO. The Kier molecular flexibility index (Phi) is 5.05. The van der Waals surface area contributed by atoms with E-state index in [-0.39, 0.29) is 16.3 Å². The highest BCUT2D eigenvalue weighted by Gasteiger charge is 2.18. The first kappa shape index (κ1) is 14.1. The highest BCUT2D eigenvalue weighted by Crippen LogP contribution is 2.18. The number of alkyl halides is 1. The maximum atomic E-state index is 13.4. The molecule has 0 radical (unpaired) electrons. The van der Waals surface area contributed by atoms with Crippen molar-refractivity contribution in [2.75, 3.05) is 0 Å². The topological polar surface area (TPSA) is 29.1 Å². The molecule has 5 heteroatoms. The maximum Gasteiger partial charge on any atom is 0.234 e. The zero-order valence-corrected chi connectivity index (χ0v) is 11.2. The van der Waals surface area contributed by atoms with Crippen molar-refractivity contribution in [3.8, 4) is 0 Å². The lowest BCUT2D eigenvalue weighted by Gasteiger charge is -2.17. The van der Waals surface area contributed by atoms with E-state index in [2.05, 4.69) is 21.2 Å². The van der Waals surface area contributed by atoms with E-state index in [0.29, 0.717) is 6.42 Å². The summed E-state index contributed by atoms with van der Waals surface area (Å²) in [5.74, 6) is -1.49. The van der Waals surface area contributed by atoms with Crippen LogP contribution in [-0.4, -0.2) is 10.7 Å². The summed E-state index contributed by atoms with van der Waals surface area (Å²) in [6, 6.07) is 2.83. The fourth-order valence-corrected chi connectivity index (χ4v) is 1.55. The summed E-state index contributed by atoms with van der Waals surface area (Å²) >= 11 is 3.21. The van der Waals surface area contributed by atoms with Gasteiger partial charge >= 0.3 is 0 Å². The van der Waals surface area contributed by atoms with E-state index in [4.69, 9.17) is 0 Å². The monoisotopic (exact) mass is 305 g/mol. The van der Waals surface area contributed by atoms with Gasteiger partial charge in [0.1, 0.15) is 11.6 Å². The second-order valence-corrected chi connectivity index (χ2v) is 4.88. The van der Waals surface area contributed by atoms with E-state index < -0.39 is 17.7 Å². The van der Waals surface area contributed by atoms with Crippen LogP contribution in [0.1, 0.15) is 31.9 Å². The molecule has 0 bridgehead atoms. The van der Waals surface area contributed by atoms with Gasteiger partial charge in [0, 0.05) is 11.6 Å². The second-order valence-electron chi connectivity index (χ2n) is 3.77. The SMILES string of the molecule is CCC(Br)C(=O)NC(C)c1ccc(F)cc1F. The van der Waals surface area contributed by atoms with E-state index in [1.807, 2.05) is 6.92 Å². The van der Waals surface area contributed by atoms with E-state index in [1.165, 1.54) is 12.1 Å². The van der Waals surface area contributed by atoms with Crippen molar-refractivity contribution in [1.29, 1.82) is 0 Å². The van der Waals surface area contributed by atoms with Crippen LogP contribution < -0.4 is 5.32 Å². The van der Waals surface area contributed by atoms with E-state index in [0.717, 1.165) is 6.07 Å². The zero-order chi connectivity index (χ0) is 13.0. The summed E-state index contributed by atoms with van der Waals surface area (Å²) in [7, 11) is 0. The molecule has 0 aliphatic carbocycles. The summed E-state index contributed by atoms with van der Waals surface area (Å²) in [5.41, 5.74) is 0.274. The van der Waals surface area contributed by atoms with Gasteiger partial charge in [-0.05, 0) is 19.4 Å². The molecule has 0 saturated heterocycles. The van der Waals surface area contributed by atoms with E-state index in [9.17, 15) is 13.6 Å². The van der Waals surface area contributed by atoms with Crippen LogP contribution in [0.5, 0.6) is 0 Å². The Bertz CT molecular complexity index is 411. The van der Waals surface area contributed by atoms with Crippen molar-refractivity contribution in [1.82, 2.24) is 5.32 Å². The molecule has 2 nitrogen and oxygen atoms in total. The first-order valence-electron chi connectivity index (χ1n) is 5.35. The standard InChI is InChI=1S/C12H14BrF2NO/c1-3-10(13)12(17)16-7(2)9-5-4-8(14)6-11(9)15/h4-7,10H,3H2,1-2H3,(H,16,17). The molecule has 0 aliphatic rings. The molecule has 0 saturated carbocycles. The molecule has 2 unspecified atom stereocenters. The third kappa shape index (κ3) is 3.77. The maximum absolute atomic E-state index is 13.4. The van der Waals surface area contributed by atoms with Crippen molar-refractivity contribution in [2.24, 2.45) is 0 Å². The molecule has 1 rings (SSSR count). The lowest BCUT2D eigenvalue weighted by molar-refractivity contribution is -0.121. The van der Waals surface area contributed by atoms with Crippen LogP contribution in [0.3, 0.4) is 0 Å². The number of rotatable bonds is 4. The molecular weight excluding hydrogens is 292 g/mol. The number of hydrogen-bond acceptors (Lipinski definition) is 1. The Morgan fingerprint density at radius 2 is 2.12 bits per heavy atom. The lowest BCUT2D eigenvalue weighted by Crippen LogP contribution is -2.33. The molecule has 1 N–H and O–H groups in total. The van der Waals surface area contributed by atoms with E-state index >= 15 is 0 Å². The van der Waals surface area contributed by atoms with Crippen LogP contribution >= 0.6 is 15.9 Å². The molecule has 2 atom stereocenters. The van der Waals surface area contributed by atoms with Crippen LogP contribution in [0.15, 0.2) is 18.2 Å². The first-order valence-corrected chi connectivity index (χ1v) is 6.26. The predicted molar refractivity (Wildman–Crippen MR) is 65.9 cm³/mol.